The number of aromatic nitrogens is 3. The van der Waals surface area contributed by atoms with Crippen molar-refractivity contribution in [2.45, 2.75) is 63.6 Å². The van der Waals surface area contributed by atoms with Crippen molar-refractivity contribution in [3.05, 3.63) is 82.8 Å². The molecular formula is C40H49N9O5. The topological polar surface area (TPSA) is 177 Å². The van der Waals surface area contributed by atoms with Gasteiger partial charge in [0.2, 0.25) is 5.91 Å². The molecule has 1 unspecified atom stereocenters. The van der Waals surface area contributed by atoms with Gasteiger partial charge in [0.1, 0.15) is 12.0 Å². The van der Waals surface area contributed by atoms with Gasteiger partial charge in [0.05, 0.1) is 36.1 Å². The third kappa shape index (κ3) is 9.47. The van der Waals surface area contributed by atoms with Crippen LogP contribution in [0.3, 0.4) is 0 Å². The number of amides is 2. The average Bonchev–Trinajstić information content (AvgIpc) is 3.86. The van der Waals surface area contributed by atoms with Gasteiger partial charge in [-0.3, -0.25) is 19.4 Å². The van der Waals surface area contributed by atoms with Crippen LogP contribution in [0, 0.1) is 5.92 Å². The molecule has 284 valence electrons. The van der Waals surface area contributed by atoms with Crippen LogP contribution in [-0.4, -0.2) is 107 Å². The van der Waals surface area contributed by atoms with Crippen molar-refractivity contribution in [3.8, 4) is 5.75 Å². The number of benzene rings is 2. The van der Waals surface area contributed by atoms with Crippen molar-refractivity contribution in [3.63, 3.8) is 0 Å². The lowest BCUT2D eigenvalue weighted by atomic mass is 10.0. The van der Waals surface area contributed by atoms with E-state index in [0.29, 0.717) is 41.3 Å². The summed E-state index contributed by atoms with van der Waals surface area (Å²) >= 11 is 0. The number of ether oxygens (including phenoxy) is 1. The van der Waals surface area contributed by atoms with Gasteiger partial charge in [-0.05, 0) is 73.8 Å². The molecule has 2 amide bonds. The van der Waals surface area contributed by atoms with E-state index in [1.807, 2.05) is 37.5 Å². The van der Waals surface area contributed by atoms with Gasteiger partial charge in [-0.15, -0.1) is 0 Å². The predicted octanol–water partition coefficient (Wildman–Crippen LogP) is 3.82. The predicted molar refractivity (Wildman–Crippen MR) is 207 cm³/mol. The number of likely N-dealkylation sites (tertiary alicyclic amines) is 1. The molecule has 14 heteroatoms. The Labute approximate surface area is 315 Å². The van der Waals surface area contributed by atoms with E-state index in [1.165, 1.54) is 24.6 Å². The van der Waals surface area contributed by atoms with Gasteiger partial charge >= 0.3 is 0 Å². The quantitative estimate of drug-likeness (QED) is 0.0925. The number of carbonyl (C=O) groups excluding carboxylic acids is 4. The summed E-state index contributed by atoms with van der Waals surface area (Å²) in [4.78, 5) is 59.6. The van der Waals surface area contributed by atoms with Gasteiger partial charge in [0.25, 0.3) is 5.91 Å². The van der Waals surface area contributed by atoms with Crippen molar-refractivity contribution >= 4 is 47.6 Å². The Kier molecular flexibility index (Phi) is 12.7. The summed E-state index contributed by atoms with van der Waals surface area (Å²) in [6.45, 7) is 4.05. The standard InChI is InChI=1S/C33H44N6O4.C7H5N3O/c1-35-30-16-24(29(34)17-31(30)43-21-23-3-4-23)18-37-26-10-13-38(14-11-26)12-9-22-5-7-28-25(15-22)19-39(33(28)42)27(20-40)6-8-32(41)36-2;11-5-6-4-9-10-3-1-2-8-7(6)10/h5,7,15-18,20,23,26-27,35H,3-4,6,8-14,19,21,34H2,1-2H3,(H,36,41);1-5H. The van der Waals surface area contributed by atoms with Crippen LogP contribution in [-0.2, 0) is 22.6 Å². The van der Waals surface area contributed by atoms with Crippen LogP contribution in [0.5, 0.6) is 5.75 Å². The van der Waals surface area contributed by atoms with E-state index in [4.69, 9.17) is 15.5 Å². The Morgan fingerprint density at radius 1 is 1.11 bits per heavy atom. The molecule has 0 spiro atoms. The zero-order valence-corrected chi connectivity index (χ0v) is 30.9. The minimum absolute atomic E-state index is 0.138. The summed E-state index contributed by atoms with van der Waals surface area (Å²) in [5.74, 6) is 1.20. The summed E-state index contributed by atoms with van der Waals surface area (Å²) in [6.07, 6.45) is 14.2. The molecule has 1 atom stereocenters. The summed E-state index contributed by atoms with van der Waals surface area (Å²) in [5, 5.41) is 9.69. The van der Waals surface area contributed by atoms with Crippen LogP contribution in [0.2, 0.25) is 0 Å². The lowest BCUT2D eigenvalue weighted by Gasteiger charge is -2.30. The first kappa shape index (κ1) is 38.1. The molecule has 4 N–H and O–H groups in total. The highest BCUT2D eigenvalue weighted by molar-refractivity contribution is 5.99. The van der Waals surface area contributed by atoms with Crippen LogP contribution in [0.25, 0.3) is 5.65 Å². The number of aldehydes is 2. The Morgan fingerprint density at radius 2 is 1.93 bits per heavy atom. The smallest absolute Gasteiger partial charge is 0.255 e. The molecule has 2 aliphatic heterocycles. The molecule has 4 heterocycles. The van der Waals surface area contributed by atoms with Gasteiger partial charge in [0, 0.05) is 88.2 Å². The molecule has 1 saturated carbocycles. The Bertz CT molecular complexity index is 1980. The second kappa shape index (κ2) is 17.9. The molecule has 2 aromatic heterocycles. The summed E-state index contributed by atoms with van der Waals surface area (Å²) in [7, 11) is 3.46. The monoisotopic (exact) mass is 735 g/mol. The number of hydrogen-bond acceptors (Lipinski definition) is 11. The van der Waals surface area contributed by atoms with Crippen LogP contribution in [0.15, 0.2) is 60.0 Å². The first-order valence-corrected chi connectivity index (χ1v) is 18.6. The van der Waals surface area contributed by atoms with Crippen molar-refractivity contribution in [1.29, 1.82) is 0 Å². The number of anilines is 2. The highest BCUT2D eigenvalue weighted by Crippen LogP contribution is 2.34. The zero-order valence-electron chi connectivity index (χ0n) is 30.9. The van der Waals surface area contributed by atoms with Crippen LogP contribution < -0.4 is 21.1 Å². The molecule has 14 nitrogen and oxygen atoms in total. The first-order valence-electron chi connectivity index (χ1n) is 18.6. The number of piperidine rings is 1. The minimum atomic E-state index is -0.600. The fraction of sp³-hybridized carbons (Fsp3) is 0.425. The average molecular weight is 736 g/mol. The molecule has 2 aromatic carbocycles. The van der Waals surface area contributed by atoms with Crippen LogP contribution in [0.4, 0.5) is 11.4 Å². The van der Waals surface area contributed by atoms with Crippen molar-refractivity contribution < 1.29 is 23.9 Å². The summed E-state index contributed by atoms with van der Waals surface area (Å²) in [5.41, 5.74) is 12.8. The van der Waals surface area contributed by atoms with Gasteiger partial charge < -0.3 is 35.7 Å². The number of nitrogens with two attached hydrogens (primary N) is 1. The number of carbonyl (C=O) groups is 4. The number of nitrogens with one attached hydrogen (secondary N) is 2. The van der Waals surface area contributed by atoms with Gasteiger partial charge in [-0.1, -0.05) is 12.1 Å². The molecule has 0 radical (unpaired) electrons. The molecular weight excluding hydrogens is 686 g/mol. The van der Waals surface area contributed by atoms with E-state index in [0.717, 1.165) is 80.6 Å². The third-order valence-corrected chi connectivity index (χ3v) is 10.3. The SMILES string of the molecule is CNC(=O)CCC(C=O)N1Cc2cc(CCN3CCC(N=Cc4cc(NC)c(OCC5CC5)cc4N)CC3)ccc2C1=O.O=Cc1cnn2cccnc12. The van der Waals surface area contributed by atoms with E-state index in [-0.39, 0.29) is 24.3 Å². The van der Waals surface area contributed by atoms with Crippen molar-refractivity contribution in [2.75, 3.05) is 51.4 Å². The molecule has 3 aliphatic rings. The number of hydrogen-bond donors (Lipinski definition) is 3. The zero-order chi connectivity index (χ0) is 38.0. The molecule has 1 aliphatic carbocycles. The van der Waals surface area contributed by atoms with E-state index in [2.05, 4.69) is 31.7 Å². The van der Waals surface area contributed by atoms with Gasteiger partial charge in [-0.25, -0.2) is 9.50 Å². The minimum Gasteiger partial charge on any atom is -0.491 e. The van der Waals surface area contributed by atoms with Crippen LogP contribution in [0.1, 0.15) is 75.9 Å². The Hall–Kier alpha value is -5.63. The fourth-order valence-corrected chi connectivity index (χ4v) is 6.75. The van der Waals surface area contributed by atoms with Gasteiger partial charge in [-0.2, -0.15) is 5.10 Å². The maximum absolute atomic E-state index is 12.9. The van der Waals surface area contributed by atoms with E-state index < -0.39 is 6.04 Å². The normalized spacial score (nSPS) is 16.5. The lowest BCUT2D eigenvalue weighted by Crippen LogP contribution is -2.37. The number of nitrogen functional groups attached to an aromatic ring is 1. The second-order valence-corrected chi connectivity index (χ2v) is 14.0. The van der Waals surface area contributed by atoms with Crippen molar-refractivity contribution in [1.82, 2.24) is 29.7 Å². The number of nitrogens with zero attached hydrogens (tertiary/aromatic N) is 6. The summed E-state index contributed by atoms with van der Waals surface area (Å²) in [6, 6.07) is 11.3. The van der Waals surface area contributed by atoms with E-state index >= 15 is 0 Å². The number of fused-ring (bicyclic) bond motifs is 2. The molecule has 7 rings (SSSR count). The van der Waals surface area contributed by atoms with E-state index in [9.17, 15) is 19.2 Å². The fourth-order valence-electron chi connectivity index (χ4n) is 6.75. The molecule has 1 saturated heterocycles. The highest BCUT2D eigenvalue weighted by atomic mass is 16.5. The molecule has 2 fully saturated rings. The molecule has 0 bridgehead atoms. The van der Waals surface area contributed by atoms with Gasteiger partial charge in [0.15, 0.2) is 11.9 Å². The third-order valence-electron chi connectivity index (χ3n) is 10.3. The lowest BCUT2D eigenvalue weighted by molar-refractivity contribution is -0.121. The van der Waals surface area contributed by atoms with Crippen LogP contribution >= 0.6 is 0 Å². The van der Waals surface area contributed by atoms with Crippen molar-refractivity contribution in [2.24, 2.45) is 10.9 Å². The first-order chi connectivity index (χ1) is 26.3. The molecule has 54 heavy (non-hydrogen) atoms. The second-order valence-electron chi connectivity index (χ2n) is 14.0. The maximum atomic E-state index is 12.9. The maximum Gasteiger partial charge on any atom is 0.255 e. The number of rotatable bonds is 15. The molecule has 4 aromatic rings. The van der Waals surface area contributed by atoms with E-state index in [1.54, 1.807) is 34.9 Å². The highest BCUT2D eigenvalue weighted by Gasteiger charge is 2.33. The number of aliphatic imine (C=N–C) groups is 1. The Balaban J connectivity index is 0.000000384. The largest absolute Gasteiger partial charge is 0.491 e. The summed E-state index contributed by atoms with van der Waals surface area (Å²) < 4.78 is 7.54. The Morgan fingerprint density at radius 3 is 2.65 bits per heavy atom.